The lowest BCUT2D eigenvalue weighted by Crippen LogP contribution is -2.30. The molecule has 1 unspecified atom stereocenters. The van der Waals surface area contributed by atoms with E-state index in [2.05, 4.69) is 10.6 Å². The molecule has 2 aliphatic heterocycles. The number of hydrogen-bond donors (Lipinski definition) is 3. The molecule has 3 N–H and O–H groups in total. The molecular weight excluding hydrogens is 256 g/mol. The molecule has 0 radical (unpaired) electrons. The maximum atomic E-state index is 12.2. The molecule has 0 bridgehead atoms. The molecular formula is C15H18N2O3. The summed E-state index contributed by atoms with van der Waals surface area (Å²) in [5.74, 6) is 0.799. The maximum Gasteiger partial charge on any atom is 0.291 e. The highest BCUT2D eigenvalue weighted by Gasteiger charge is 2.28. The zero-order valence-corrected chi connectivity index (χ0v) is 11.4. The molecule has 1 fully saturated rings. The van der Waals surface area contributed by atoms with Crippen molar-refractivity contribution in [2.24, 2.45) is 0 Å². The van der Waals surface area contributed by atoms with Crippen LogP contribution in [-0.2, 0) is 4.79 Å². The molecule has 20 heavy (non-hydrogen) atoms. The third-order valence-electron chi connectivity index (χ3n) is 3.69. The van der Waals surface area contributed by atoms with Gasteiger partial charge < -0.3 is 20.5 Å². The third kappa shape index (κ3) is 2.30. The van der Waals surface area contributed by atoms with Crippen LogP contribution in [0.4, 0.5) is 5.69 Å². The average molecular weight is 274 g/mol. The Bertz CT molecular complexity index is 570. The number of piperidine rings is 1. The normalized spacial score (nSPS) is 20.0. The first-order valence-corrected chi connectivity index (χ1v) is 6.89. The molecule has 1 atom stereocenters. The molecule has 0 aliphatic carbocycles. The lowest BCUT2D eigenvalue weighted by molar-refractivity contribution is -0.115. The number of fused-ring (bicyclic) bond motifs is 1. The van der Waals surface area contributed by atoms with Crippen molar-refractivity contribution >= 4 is 11.6 Å². The number of anilines is 1. The lowest BCUT2D eigenvalue weighted by Gasteiger charge is -2.26. The van der Waals surface area contributed by atoms with Crippen LogP contribution in [0.5, 0.6) is 5.75 Å². The summed E-state index contributed by atoms with van der Waals surface area (Å²) in [6, 6.07) is 5.42. The molecule has 5 heteroatoms. The number of carbonyl (C=O) groups is 1. The number of rotatable bonds is 1. The SMILES string of the molecule is CC(O)c1cccc2c1NC(=O)C(=C1CCNCC1)O2. The quantitative estimate of drug-likeness (QED) is 0.682. The molecule has 1 aromatic rings. The molecule has 5 nitrogen and oxygen atoms in total. The molecule has 1 saturated heterocycles. The number of ether oxygens (including phenoxy) is 1. The second-order valence-electron chi connectivity index (χ2n) is 5.14. The van der Waals surface area contributed by atoms with Crippen molar-refractivity contribution in [3.63, 3.8) is 0 Å². The Morgan fingerprint density at radius 2 is 2.05 bits per heavy atom. The van der Waals surface area contributed by atoms with Crippen LogP contribution >= 0.6 is 0 Å². The minimum Gasteiger partial charge on any atom is -0.449 e. The Morgan fingerprint density at radius 3 is 2.75 bits per heavy atom. The van der Waals surface area contributed by atoms with Crippen molar-refractivity contribution in [1.82, 2.24) is 5.32 Å². The van der Waals surface area contributed by atoms with E-state index in [0.717, 1.165) is 31.5 Å². The van der Waals surface area contributed by atoms with Gasteiger partial charge in [0.1, 0.15) is 0 Å². The Morgan fingerprint density at radius 1 is 1.30 bits per heavy atom. The highest BCUT2D eigenvalue weighted by atomic mass is 16.5. The van der Waals surface area contributed by atoms with Crippen molar-refractivity contribution in [3.05, 3.63) is 35.1 Å². The molecule has 106 valence electrons. The van der Waals surface area contributed by atoms with E-state index in [1.165, 1.54) is 0 Å². The number of nitrogens with one attached hydrogen (secondary N) is 2. The average Bonchev–Trinajstić information content (AvgIpc) is 2.46. The number of carbonyl (C=O) groups excluding carboxylic acids is 1. The zero-order chi connectivity index (χ0) is 14.1. The van der Waals surface area contributed by atoms with Gasteiger partial charge in [0.2, 0.25) is 0 Å². The van der Waals surface area contributed by atoms with E-state index in [-0.39, 0.29) is 5.91 Å². The summed E-state index contributed by atoms with van der Waals surface area (Å²) in [7, 11) is 0. The first-order chi connectivity index (χ1) is 9.66. The van der Waals surface area contributed by atoms with E-state index in [9.17, 15) is 9.90 Å². The van der Waals surface area contributed by atoms with Crippen LogP contribution in [0.3, 0.4) is 0 Å². The molecule has 1 aromatic carbocycles. The highest BCUT2D eigenvalue weighted by molar-refractivity contribution is 6.06. The minimum atomic E-state index is -0.651. The van der Waals surface area contributed by atoms with Gasteiger partial charge in [-0.15, -0.1) is 0 Å². The number of amides is 1. The van der Waals surface area contributed by atoms with Gasteiger partial charge >= 0.3 is 0 Å². The van der Waals surface area contributed by atoms with Crippen LogP contribution in [0, 0.1) is 0 Å². The van der Waals surface area contributed by atoms with E-state index >= 15 is 0 Å². The molecule has 1 amide bonds. The van der Waals surface area contributed by atoms with Gasteiger partial charge in [-0.1, -0.05) is 12.1 Å². The van der Waals surface area contributed by atoms with Crippen molar-refractivity contribution < 1.29 is 14.6 Å². The van der Waals surface area contributed by atoms with Crippen LogP contribution in [0.25, 0.3) is 0 Å². The first kappa shape index (κ1) is 13.1. The van der Waals surface area contributed by atoms with Gasteiger partial charge in [-0.2, -0.15) is 0 Å². The maximum absolute atomic E-state index is 12.2. The highest BCUT2D eigenvalue weighted by Crippen LogP contribution is 2.38. The molecule has 0 saturated carbocycles. The Labute approximate surface area is 117 Å². The fourth-order valence-corrected chi connectivity index (χ4v) is 2.63. The number of aliphatic hydroxyl groups is 1. The standard InChI is InChI=1S/C15H18N2O3/c1-9(18)11-3-2-4-12-13(11)17-15(19)14(20-12)10-5-7-16-8-6-10/h2-4,9,16,18H,5-8H2,1H3,(H,17,19). The second-order valence-corrected chi connectivity index (χ2v) is 5.14. The van der Waals surface area contributed by atoms with Crippen LogP contribution < -0.4 is 15.4 Å². The van der Waals surface area contributed by atoms with Crippen LogP contribution in [0.2, 0.25) is 0 Å². The predicted molar refractivity (Wildman–Crippen MR) is 75.5 cm³/mol. The van der Waals surface area contributed by atoms with Gasteiger partial charge in [-0.3, -0.25) is 4.79 Å². The molecule has 2 heterocycles. The fraction of sp³-hybridized carbons (Fsp3) is 0.400. The van der Waals surface area contributed by atoms with E-state index < -0.39 is 6.10 Å². The summed E-state index contributed by atoms with van der Waals surface area (Å²) in [6.45, 7) is 3.41. The van der Waals surface area contributed by atoms with Crippen molar-refractivity contribution in [2.45, 2.75) is 25.9 Å². The van der Waals surface area contributed by atoms with Gasteiger partial charge in [0, 0.05) is 5.56 Å². The summed E-state index contributed by atoms with van der Waals surface area (Å²) < 4.78 is 5.80. The molecule has 0 aromatic heterocycles. The summed E-state index contributed by atoms with van der Waals surface area (Å²) in [4.78, 5) is 12.2. The van der Waals surface area contributed by atoms with E-state index in [4.69, 9.17) is 4.74 Å². The smallest absolute Gasteiger partial charge is 0.291 e. The summed E-state index contributed by atoms with van der Waals surface area (Å²) in [5.41, 5.74) is 2.30. The monoisotopic (exact) mass is 274 g/mol. The molecule has 0 spiro atoms. The van der Waals surface area contributed by atoms with E-state index in [1.54, 1.807) is 13.0 Å². The Hall–Kier alpha value is -1.85. The number of para-hydroxylation sites is 1. The zero-order valence-electron chi connectivity index (χ0n) is 11.4. The van der Waals surface area contributed by atoms with Gasteiger partial charge in [-0.25, -0.2) is 0 Å². The van der Waals surface area contributed by atoms with Crippen LogP contribution in [0.15, 0.2) is 29.5 Å². The van der Waals surface area contributed by atoms with Gasteiger partial charge in [0.15, 0.2) is 11.5 Å². The van der Waals surface area contributed by atoms with Gasteiger partial charge in [-0.05, 0) is 44.5 Å². The minimum absolute atomic E-state index is 0.220. The summed E-state index contributed by atoms with van der Waals surface area (Å²) in [6.07, 6.45) is 1.00. The number of hydrogen-bond acceptors (Lipinski definition) is 4. The number of aliphatic hydroxyl groups excluding tert-OH is 1. The van der Waals surface area contributed by atoms with Gasteiger partial charge in [0.25, 0.3) is 5.91 Å². The van der Waals surface area contributed by atoms with Crippen LogP contribution in [-0.4, -0.2) is 24.1 Å². The fourth-order valence-electron chi connectivity index (χ4n) is 2.63. The van der Waals surface area contributed by atoms with Crippen molar-refractivity contribution in [3.8, 4) is 5.75 Å². The topological polar surface area (TPSA) is 70.6 Å². The van der Waals surface area contributed by atoms with E-state index in [0.29, 0.717) is 22.8 Å². The largest absolute Gasteiger partial charge is 0.449 e. The third-order valence-corrected chi connectivity index (χ3v) is 3.69. The second kappa shape index (κ2) is 5.26. The van der Waals surface area contributed by atoms with Crippen molar-refractivity contribution in [2.75, 3.05) is 18.4 Å². The predicted octanol–water partition coefficient (Wildman–Crippen LogP) is 1.71. The van der Waals surface area contributed by atoms with Crippen molar-refractivity contribution in [1.29, 1.82) is 0 Å². The van der Waals surface area contributed by atoms with E-state index in [1.807, 2.05) is 12.1 Å². The summed E-state index contributed by atoms with van der Waals surface area (Å²) >= 11 is 0. The van der Waals surface area contributed by atoms with Crippen LogP contribution in [0.1, 0.15) is 31.4 Å². The number of benzene rings is 1. The molecule has 3 rings (SSSR count). The first-order valence-electron chi connectivity index (χ1n) is 6.89. The lowest BCUT2D eigenvalue weighted by atomic mass is 10.0. The summed E-state index contributed by atoms with van der Waals surface area (Å²) in [5, 5.41) is 15.9. The van der Waals surface area contributed by atoms with Gasteiger partial charge in [0.05, 0.1) is 11.8 Å². The Balaban J connectivity index is 1.99. The Kier molecular flexibility index (Phi) is 3.46. The molecule has 2 aliphatic rings.